The number of aromatic amines is 1. The Balaban J connectivity index is 2.30. The smallest absolute Gasteiger partial charge is 0.362 e. The van der Waals surface area contributed by atoms with Crippen LogP contribution >= 0.6 is 0 Å². The number of imidazole rings is 1. The first-order valence-electron chi connectivity index (χ1n) is 7.04. The van der Waals surface area contributed by atoms with Crippen molar-refractivity contribution in [1.82, 2.24) is 19.5 Å². The lowest BCUT2D eigenvalue weighted by atomic mass is 10.1. The van der Waals surface area contributed by atoms with Crippen molar-refractivity contribution < 1.29 is 13.2 Å². The second-order valence-electron chi connectivity index (χ2n) is 5.49. The Bertz CT molecular complexity index is 929. The molecule has 1 aromatic carbocycles. The molecule has 0 atom stereocenters. The van der Waals surface area contributed by atoms with Crippen molar-refractivity contribution in [3.63, 3.8) is 0 Å². The van der Waals surface area contributed by atoms with Gasteiger partial charge in [0.15, 0.2) is 0 Å². The van der Waals surface area contributed by atoms with Crippen LogP contribution in [0.5, 0.6) is 0 Å². The van der Waals surface area contributed by atoms with Crippen molar-refractivity contribution in [2.75, 3.05) is 19.0 Å². The lowest BCUT2D eigenvalue weighted by Crippen LogP contribution is -2.27. The van der Waals surface area contributed by atoms with Gasteiger partial charge in [0.05, 0.1) is 29.6 Å². The molecule has 0 spiro atoms. The van der Waals surface area contributed by atoms with Crippen molar-refractivity contribution in [3.05, 3.63) is 52.5 Å². The minimum atomic E-state index is -4.50. The van der Waals surface area contributed by atoms with Gasteiger partial charge in [0.2, 0.25) is 0 Å². The number of halogens is 3. The Morgan fingerprint density at radius 1 is 1.29 bits per heavy atom. The molecule has 0 unspecified atom stereocenters. The molecule has 126 valence electrons. The molecule has 2 heterocycles. The first-order chi connectivity index (χ1) is 11.3. The number of alkyl halides is 3. The molecule has 0 aliphatic carbocycles. The normalized spacial score (nSPS) is 11.9. The summed E-state index contributed by atoms with van der Waals surface area (Å²) in [5, 5.41) is 0.461. The van der Waals surface area contributed by atoms with Crippen molar-refractivity contribution >= 4 is 16.7 Å². The Hall–Kier alpha value is -2.84. The Labute approximate surface area is 134 Å². The Kier molecular flexibility index (Phi) is 3.78. The number of nitrogens with one attached hydrogen (secondary N) is 1. The molecular weight excluding hydrogens is 323 g/mol. The summed E-state index contributed by atoms with van der Waals surface area (Å²) in [5.74, 6) is 0.321. The molecule has 0 aliphatic heterocycles. The number of anilines is 1. The maximum atomic E-state index is 13.1. The molecule has 24 heavy (non-hydrogen) atoms. The summed E-state index contributed by atoms with van der Waals surface area (Å²) >= 11 is 0. The molecule has 3 aromatic rings. The molecule has 3 rings (SSSR count). The highest BCUT2D eigenvalue weighted by Gasteiger charge is 2.31. The highest BCUT2D eigenvalue weighted by molar-refractivity contribution is 5.90. The van der Waals surface area contributed by atoms with Crippen LogP contribution < -0.4 is 10.6 Å². The summed E-state index contributed by atoms with van der Waals surface area (Å²) in [6.07, 6.45) is -1.49. The van der Waals surface area contributed by atoms with E-state index in [1.54, 1.807) is 25.2 Å². The van der Waals surface area contributed by atoms with Gasteiger partial charge in [0.25, 0.3) is 0 Å². The molecule has 6 nitrogen and oxygen atoms in total. The van der Waals surface area contributed by atoms with Crippen molar-refractivity contribution in [1.29, 1.82) is 0 Å². The lowest BCUT2D eigenvalue weighted by Gasteiger charge is -2.18. The Morgan fingerprint density at radius 3 is 2.62 bits per heavy atom. The molecule has 0 aliphatic rings. The molecular formula is C15H14F3N5O. The summed E-state index contributed by atoms with van der Waals surface area (Å²) in [6.45, 7) is 0.0286. The maximum Gasteiger partial charge on any atom is 0.416 e. The largest absolute Gasteiger partial charge is 0.416 e. The van der Waals surface area contributed by atoms with E-state index in [0.29, 0.717) is 16.9 Å². The molecule has 9 heteroatoms. The molecule has 1 N–H and O–H groups in total. The van der Waals surface area contributed by atoms with Crippen LogP contribution in [0.3, 0.4) is 0 Å². The predicted molar refractivity (Wildman–Crippen MR) is 83.0 cm³/mol. The fourth-order valence-corrected chi connectivity index (χ4v) is 2.47. The summed E-state index contributed by atoms with van der Waals surface area (Å²) < 4.78 is 40.3. The number of aromatic nitrogens is 4. The number of benzene rings is 1. The van der Waals surface area contributed by atoms with E-state index in [0.717, 1.165) is 12.1 Å². The summed E-state index contributed by atoms with van der Waals surface area (Å²) in [4.78, 5) is 24.7. The highest BCUT2D eigenvalue weighted by atomic mass is 19.4. The van der Waals surface area contributed by atoms with E-state index in [9.17, 15) is 18.0 Å². The fourth-order valence-electron chi connectivity index (χ4n) is 2.47. The van der Waals surface area contributed by atoms with Crippen LogP contribution in [0.1, 0.15) is 11.3 Å². The second-order valence-corrected chi connectivity index (χ2v) is 5.49. The van der Waals surface area contributed by atoms with Gasteiger partial charge in [-0.3, -0.25) is 4.57 Å². The van der Waals surface area contributed by atoms with E-state index >= 15 is 0 Å². The van der Waals surface area contributed by atoms with Crippen molar-refractivity contribution in [2.24, 2.45) is 0 Å². The van der Waals surface area contributed by atoms with E-state index in [2.05, 4.69) is 15.0 Å². The first-order valence-corrected chi connectivity index (χ1v) is 7.04. The van der Waals surface area contributed by atoms with Crippen molar-refractivity contribution in [2.45, 2.75) is 12.7 Å². The van der Waals surface area contributed by atoms with E-state index in [1.807, 2.05) is 0 Å². The predicted octanol–water partition coefficient (Wildman–Crippen LogP) is 2.25. The van der Waals surface area contributed by atoms with Gasteiger partial charge < -0.3 is 9.88 Å². The third-order valence-electron chi connectivity index (χ3n) is 3.59. The molecule has 0 saturated heterocycles. The van der Waals surface area contributed by atoms with Gasteiger partial charge in [-0.1, -0.05) is 0 Å². The van der Waals surface area contributed by atoms with Crippen molar-refractivity contribution in [3.8, 4) is 0 Å². The lowest BCUT2D eigenvalue weighted by molar-refractivity contribution is -0.137. The van der Waals surface area contributed by atoms with Crippen LogP contribution in [-0.2, 0) is 12.7 Å². The number of rotatable bonds is 3. The third kappa shape index (κ3) is 2.84. The number of nitrogens with zero attached hydrogens (tertiary/aromatic N) is 4. The minimum absolute atomic E-state index is 0.0286. The standard InChI is InChI=1S/C15H14F3N5O/c1-22(2)13-11-4-3-9(15(16,17)18)5-12(11)23(14(24)21-13)7-10-6-19-8-20-10/h3-6,8H,7H2,1-2H3,(H,19,20). The van der Waals surface area contributed by atoms with Gasteiger partial charge in [0, 0.05) is 25.7 Å². The first kappa shape index (κ1) is 16.0. The Morgan fingerprint density at radius 2 is 2.04 bits per heavy atom. The second kappa shape index (κ2) is 5.66. The van der Waals surface area contributed by atoms with Gasteiger partial charge in [0.1, 0.15) is 5.82 Å². The fraction of sp³-hybridized carbons (Fsp3) is 0.267. The molecule has 0 bridgehead atoms. The number of H-pyrrole nitrogens is 1. The summed E-state index contributed by atoms with van der Waals surface area (Å²) in [6, 6.07) is 3.29. The van der Waals surface area contributed by atoms with Crippen LogP contribution in [0.4, 0.5) is 19.0 Å². The summed E-state index contributed by atoms with van der Waals surface area (Å²) in [5.41, 5.74) is -0.763. The quantitative estimate of drug-likeness (QED) is 0.796. The van der Waals surface area contributed by atoms with Gasteiger partial charge in [-0.15, -0.1) is 0 Å². The van der Waals surface area contributed by atoms with Crippen LogP contribution in [0.15, 0.2) is 35.5 Å². The van der Waals surface area contributed by atoms with E-state index in [4.69, 9.17) is 0 Å². The molecule has 0 amide bonds. The van der Waals surface area contributed by atoms with E-state index in [1.165, 1.54) is 17.0 Å². The number of fused-ring (bicyclic) bond motifs is 1. The van der Waals surface area contributed by atoms with E-state index in [-0.39, 0.29) is 12.1 Å². The highest BCUT2D eigenvalue weighted by Crippen LogP contribution is 2.32. The average Bonchev–Trinajstić information content (AvgIpc) is 3.01. The molecule has 2 aromatic heterocycles. The minimum Gasteiger partial charge on any atom is -0.362 e. The zero-order valence-electron chi connectivity index (χ0n) is 12.9. The average molecular weight is 337 g/mol. The van der Waals surface area contributed by atoms with Gasteiger partial charge in [-0.25, -0.2) is 9.78 Å². The topological polar surface area (TPSA) is 66.8 Å². The van der Waals surface area contributed by atoms with Crippen LogP contribution in [0, 0.1) is 0 Å². The molecule has 0 saturated carbocycles. The molecule has 0 radical (unpaired) electrons. The zero-order chi connectivity index (χ0) is 17.5. The maximum absolute atomic E-state index is 13.1. The van der Waals surface area contributed by atoms with Crippen LogP contribution in [-0.4, -0.2) is 33.6 Å². The SMILES string of the molecule is CN(C)c1nc(=O)n(Cc2c[nH]cn2)c2cc(C(F)(F)F)ccc12. The number of hydrogen-bond acceptors (Lipinski definition) is 4. The van der Waals surface area contributed by atoms with Crippen LogP contribution in [0.2, 0.25) is 0 Å². The summed E-state index contributed by atoms with van der Waals surface area (Å²) in [7, 11) is 3.36. The number of hydrogen-bond donors (Lipinski definition) is 1. The zero-order valence-corrected chi connectivity index (χ0v) is 12.9. The van der Waals surface area contributed by atoms with Gasteiger partial charge in [-0.2, -0.15) is 18.2 Å². The monoisotopic (exact) mass is 337 g/mol. The molecule has 0 fully saturated rings. The van der Waals surface area contributed by atoms with E-state index < -0.39 is 17.4 Å². The van der Waals surface area contributed by atoms with Gasteiger partial charge >= 0.3 is 11.9 Å². The van der Waals surface area contributed by atoms with Crippen LogP contribution in [0.25, 0.3) is 10.9 Å². The van der Waals surface area contributed by atoms with Gasteiger partial charge in [-0.05, 0) is 18.2 Å². The third-order valence-corrected chi connectivity index (χ3v) is 3.59.